The highest BCUT2D eigenvalue weighted by atomic mass is 32.2. The summed E-state index contributed by atoms with van der Waals surface area (Å²) in [5.41, 5.74) is 0.529. The maximum Gasteiger partial charge on any atom is 0.323 e. The van der Waals surface area contributed by atoms with Crippen molar-refractivity contribution in [2.24, 2.45) is 0 Å². The van der Waals surface area contributed by atoms with E-state index in [1.807, 2.05) is 24.8 Å². The van der Waals surface area contributed by atoms with Gasteiger partial charge < -0.3 is 10.4 Å². The third kappa shape index (κ3) is 2.54. The first-order chi connectivity index (χ1) is 8.57. The van der Waals surface area contributed by atoms with Gasteiger partial charge in [0.2, 0.25) is 0 Å². The van der Waals surface area contributed by atoms with Crippen molar-refractivity contribution in [1.82, 2.24) is 5.32 Å². The zero-order chi connectivity index (χ0) is 13.2. The Morgan fingerprint density at radius 3 is 2.94 bits per heavy atom. The SMILES string of the molecule is CCC(C)(NCC1CSc2ccccc21)C(=O)O. The minimum Gasteiger partial charge on any atom is -0.480 e. The summed E-state index contributed by atoms with van der Waals surface area (Å²) in [6, 6.07) is 8.38. The lowest BCUT2D eigenvalue weighted by molar-refractivity contribution is -0.144. The van der Waals surface area contributed by atoms with Crippen molar-refractivity contribution in [2.75, 3.05) is 12.3 Å². The Balaban J connectivity index is 2.02. The molecule has 0 spiro atoms. The van der Waals surface area contributed by atoms with Crippen molar-refractivity contribution in [1.29, 1.82) is 0 Å². The number of fused-ring (bicyclic) bond motifs is 1. The number of carboxylic acids is 1. The van der Waals surface area contributed by atoms with Crippen molar-refractivity contribution in [2.45, 2.75) is 36.6 Å². The quantitative estimate of drug-likeness (QED) is 0.859. The standard InChI is InChI=1S/C14H19NO2S/c1-3-14(2,13(16)17)15-8-10-9-18-12-7-5-4-6-11(10)12/h4-7,10,15H,3,8-9H2,1-2H3,(H,16,17). The molecule has 0 amide bonds. The molecule has 1 aliphatic heterocycles. The van der Waals surface area contributed by atoms with Crippen LogP contribution in [0.25, 0.3) is 0 Å². The first kappa shape index (κ1) is 13.4. The molecule has 1 aliphatic rings. The summed E-state index contributed by atoms with van der Waals surface area (Å²) in [6.45, 7) is 4.38. The number of hydrogen-bond donors (Lipinski definition) is 2. The fourth-order valence-corrected chi connectivity index (χ4v) is 3.35. The molecular formula is C14H19NO2S. The van der Waals surface area contributed by atoms with Crippen molar-refractivity contribution < 1.29 is 9.90 Å². The Morgan fingerprint density at radius 2 is 2.28 bits per heavy atom. The van der Waals surface area contributed by atoms with E-state index >= 15 is 0 Å². The summed E-state index contributed by atoms with van der Waals surface area (Å²) in [7, 11) is 0. The number of thioether (sulfide) groups is 1. The van der Waals surface area contributed by atoms with Gasteiger partial charge in [-0.15, -0.1) is 11.8 Å². The summed E-state index contributed by atoms with van der Waals surface area (Å²) in [4.78, 5) is 12.6. The largest absolute Gasteiger partial charge is 0.480 e. The van der Waals surface area contributed by atoms with Gasteiger partial charge in [-0.3, -0.25) is 4.79 Å². The Hall–Kier alpha value is -1.00. The highest BCUT2D eigenvalue weighted by molar-refractivity contribution is 7.99. The monoisotopic (exact) mass is 265 g/mol. The molecule has 1 aromatic carbocycles. The minimum absolute atomic E-state index is 0.413. The molecule has 2 N–H and O–H groups in total. The molecule has 2 unspecified atom stereocenters. The number of aliphatic carboxylic acids is 1. The van der Waals surface area contributed by atoms with E-state index in [1.54, 1.807) is 6.92 Å². The maximum absolute atomic E-state index is 11.2. The van der Waals surface area contributed by atoms with Gasteiger partial charge in [-0.2, -0.15) is 0 Å². The lowest BCUT2D eigenvalue weighted by atomic mass is 9.96. The van der Waals surface area contributed by atoms with E-state index < -0.39 is 11.5 Å². The van der Waals surface area contributed by atoms with Crippen molar-refractivity contribution in [3.05, 3.63) is 29.8 Å². The molecule has 0 saturated carbocycles. The molecule has 3 nitrogen and oxygen atoms in total. The molecule has 2 atom stereocenters. The third-order valence-corrected chi connectivity index (χ3v) is 4.97. The Morgan fingerprint density at radius 1 is 1.56 bits per heavy atom. The average Bonchev–Trinajstić information content (AvgIpc) is 2.79. The number of nitrogens with one attached hydrogen (secondary N) is 1. The van der Waals surface area contributed by atoms with Crippen LogP contribution in [-0.2, 0) is 4.79 Å². The number of rotatable bonds is 5. The second-order valence-corrected chi connectivity index (χ2v) is 5.98. The molecule has 98 valence electrons. The van der Waals surface area contributed by atoms with Crippen LogP contribution in [0.4, 0.5) is 0 Å². The highest BCUT2D eigenvalue weighted by Crippen LogP contribution is 2.39. The molecule has 0 radical (unpaired) electrons. The van der Waals surface area contributed by atoms with E-state index in [0.717, 1.165) is 12.3 Å². The van der Waals surface area contributed by atoms with E-state index in [0.29, 0.717) is 12.3 Å². The second-order valence-electron chi connectivity index (χ2n) is 4.92. The van der Waals surface area contributed by atoms with Crippen LogP contribution in [0.15, 0.2) is 29.2 Å². The first-order valence-electron chi connectivity index (χ1n) is 6.27. The van der Waals surface area contributed by atoms with Gasteiger partial charge in [0, 0.05) is 23.1 Å². The third-order valence-electron chi connectivity index (χ3n) is 3.72. The minimum atomic E-state index is -0.817. The van der Waals surface area contributed by atoms with Crippen LogP contribution in [-0.4, -0.2) is 28.9 Å². The van der Waals surface area contributed by atoms with Crippen LogP contribution in [0.1, 0.15) is 31.7 Å². The van der Waals surface area contributed by atoms with Crippen LogP contribution in [0.2, 0.25) is 0 Å². The predicted octanol–water partition coefficient (Wildman–Crippen LogP) is 2.72. The van der Waals surface area contributed by atoms with Gasteiger partial charge >= 0.3 is 5.97 Å². The Bertz CT molecular complexity index is 449. The van der Waals surface area contributed by atoms with Gasteiger partial charge in [-0.05, 0) is 25.0 Å². The number of hydrogen-bond acceptors (Lipinski definition) is 3. The zero-order valence-corrected chi connectivity index (χ0v) is 11.6. The second kappa shape index (κ2) is 5.33. The molecule has 1 aromatic rings. The molecular weight excluding hydrogens is 246 g/mol. The van der Waals surface area contributed by atoms with Crippen molar-refractivity contribution >= 4 is 17.7 Å². The molecule has 18 heavy (non-hydrogen) atoms. The van der Waals surface area contributed by atoms with Crippen molar-refractivity contribution in [3.63, 3.8) is 0 Å². The topological polar surface area (TPSA) is 49.3 Å². The van der Waals surface area contributed by atoms with E-state index in [-0.39, 0.29) is 0 Å². The summed E-state index contributed by atoms with van der Waals surface area (Å²) >= 11 is 1.86. The van der Waals surface area contributed by atoms with Crippen LogP contribution in [0.5, 0.6) is 0 Å². The van der Waals surface area contributed by atoms with Gasteiger partial charge in [-0.1, -0.05) is 25.1 Å². The summed E-state index contributed by atoms with van der Waals surface area (Å²) in [6.07, 6.45) is 0.587. The molecule has 0 aromatic heterocycles. The number of carboxylic acid groups (broad SMARTS) is 1. The van der Waals surface area contributed by atoms with Crippen LogP contribution < -0.4 is 5.32 Å². The molecule has 0 saturated heterocycles. The zero-order valence-electron chi connectivity index (χ0n) is 10.8. The van der Waals surface area contributed by atoms with Crippen LogP contribution >= 0.6 is 11.8 Å². The Kier molecular flexibility index (Phi) is 3.97. The molecule has 0 aliphatic carbocycles. The van der Waals surface area contributed by atoms with E-state index in [9.17, 15) is 9.90 Å². The summed E-state index contributed by atoms with van der Waals surface area (Å²) in [5.74, 6) is 0.673. The summed E-state index contributed by atoms with van der Waals surface area (Å²) < 4.78 is 0. The van der Waals surface area contributed by atoms with Crippen LogP contribution in [0, 0.1) is 0 Å². The van der Waals surface area contributed by atoms with Gasteiger partial charge in [0.1, 0.15) is 5.54 Å². The van der Waals surface area contributed by atoms with E-state index in [1.165, 1.54) is 10.5 Å². The van der Waals surface area contributed by atoms with Gasteiger partial charge in [0.15, 0.2) is 0 Å². The highest BCUT2D eigenvalue weighted by Gasteiger charge is 2.32. The van der Waals surface area contributed by atoms with Gasteiger partial charge in [-0.25, -0.2) is 0 Å². The predicted molar refractivity (Wildman–Crippen MR) is 74.2 cm³/mol. The normalized spacial score (nSPS) is 21.3. The fraction of sp³-hybridized carbons (Fsp3) is 0.500. The summed E-state index contributed by atoms with van der Waals surface area (Å²) in [5, 5.41) is 12.4. The lowest BCUT2D eigenvalue weighted by Crippen LogP contribution is -2.50. The molecule has 1 heterocycles. The van der Waals surface area contributed by atoms with Crippen LogP contribution in [0.3, 0.4) is 0 Å². The average molecular weight is 265 g/mol. The first-order valence-corrected chi connectivity index (χ1v) is 7.25. The fourth-order valence-electron chi connectivity index (χ4n) is 2.10. The molecule has 4 heteroatoms. The molecule has 0 fully saturated rings. The van der Waals surface area contributed by atoms with E-state index in [4.69, 9.17) is 0 Å². The number of benzene rings is 1. The number of carbonyl (C=O) groups is 1. The lowest BCUT2D eigenvalue weighted by Gasteiger charge is -2.26. The van der Waals surface area contributed by atoms with Gasteiger partial charge in [0.25, 0.3) is 0 Å². The Labute approximate surface area is 112 Å². The van der Waals surface area contributed by atoms with Gasteiger partial charge in [0.05, 0.1) is 0 Å². The molecule has 2 rings (SSSR count). The van der Waals surface area contributed by atoms with Crippen molar-refractivity contribution in [3.8, 4) is 0 Å². The maximum atomic E-state index is 11.2. The van der Waals surface area contributed by atoms with E-state index in [2.05, 4.69) is 23.5 Å². The molecule has 0 bridgehead atoms. The smallest absolute Gasteiger partial charge is 0.323 e.